The van der Waals surface area contributed by atoms with Crippen molar-refractivity contribution in [1.82, 2.24) is 0 Å². The number of esters is 1. The zero-order chi connectivity index (χ0) is 24.4. The smallest absolute Gasteiger partial charge is 0.307 e. The highest BCUT2D eigenvalue weighted by Crippen LogP contribution is 2.17. The first kappa shape index (κ1) is 31.7. The van der Waals surface area contributed by atoms with Crippen molar-refractivity contribution in [3.8, 4) is 0 Å². The highest BCUT2D eigenvalue weighted by molar-refractivity contribution is 5.78. The topological polar surface area (TPSA) is 63.6 Å². The standard InChI is InChI=1S/C29H54O4/c1-3-5-6-7-8-9-10-11-12-13-14-15-16-17-18-19-20-21-22-23-24-27(29(31)32)26-28(30)33-25-4-2/h9-10,27H,3-8,11-26H2,1-2H3,(H,31,32)/b10-9+. The Bertz CT molecular complexity index is 472. The number of rotatable bonds is 25. The molecule has 0 aromatic heterocycles. The Labute approximate surface area is 204 Å². The van der Waals surface area contributed by atoms with E-state index in [4.69, 9.17) is 4.74 Å². The molecule has 194 valence electrons. The van der Waals surface area contributed by atoms with Crippen LogP contribution in [0.5, 0.6) is 0 Å². The zero-order valence-corrected chi connectivity index (χ0v) is 22.0. The number of carbonyl (C=O) groups is 2. The van der Waals surface area contributed by atoms with Crippen molar-refractivity contribution in [1.29, 1.82) is 0 Å². The Hall–Kier alpha value is -1.32. The number of carbonyl (C=O) groups excluding carboxylic acids is 1. The van der Waals surface area contributed by atoms with Gasteiger partial charge in [-0.05, 0) is 38.5 Å². The van der Waals surface area contributed by atoms with E-state index in [1.165, 1.54) is 103 Å². The SMILES string of the molecule is CCCCCC/C=C/CCCCCCCCCCCCCCC(CC(=O)OCCC)C(=O)O. The minimum absolute atomic E-state index is 0.00512. The number of unbranched alkanes of at least 4 members (excludes halogenated alkanes) is 16. The molecule has 33 heavy (non-hydrogen) atoms. The van der Waals surface area contributed by atoms with Crippen molar-refractivity contribution in [3.63, 3.8) is 0 Å². The van der Waals surface area contributed by atoms with Gasteiger partial charge in [0.1, 0.15) is 0 Å². The van der Waals surface area contributed by atoms with E-state index in [1.54, 1.807) is 0 Å². The summed E-state index contributed by atoms with van der Waals surface area (Å²) in [7, 11) is 0. The number of aliphatic carboxylic acids is 1. The second-order valence-electron chi connectivity index (χ2n) is 9.60. The first-order valence-electron chi connectivity index (χ1n) is 14.1. The summed E-state index contributed by atoms with van der Waals surface area (Å²) >= 11 is 0. The van der Waals surface area contributed by atoms with E-state index in [1.807, 2.05) is 6.92 Å². The van der Waals surface area contributed by atoms with Crippen molar-refractivity contribution in [2.45, 2.75) is 149 Å². The number of hydrogen-bond acceptors (Lipinski definition) is 3. The summed E-state index contributed by atoms with van der Waals surface area (Å²) in [4.78, 5) is 23.0. The fourth-order valence-corrected chi connectivity index (χ4v) is 4.13. The third-order valence-electron chi connectivity index (χ3n) is 6.29. The van der Waals surface area contributed by atoms with Crippen molar-refractivity contribution in [3.05, 3.63) is 12.2 Å². The monoisotopic (exact) mass is 466 g/mol. The summed E-state index contributed by atoms with van der Waals surface area (Å²) in [6.45, 7) is 4.57. The van der Waals surface area contributed by atoms with Crippen LogP contribution in [-0.2, 0) is 14.3 Å². The molecule has 1 unspecified atom stereocenters. The van der Waals surface area contributed by atoms with Crippen LogP contribution in [0.2, 0.25) is 0 Å². The molecule has 4 heteroatoms. The van der Waals surface area contributed by atoms with Crippen molar-refractivity contribution >= 4 is 11.9 Å². The van der Waals surface area contributed by atoms with Gasteiger partial charge >= 0.3 is 11.9 Å². The van der Waals surface area contributed by atoms with E-state index < -0.39 is 11.9 Å². The fourth-order valence-electron chi connectivity index (χ4n) is 4.13. The van der Waals surface area contributed by atoms with Crippen LogP contribution in [0.15, 0.2) is 12.2 Å². The number of hydrogen-bond donors (Lipinski definition) is 1. The minimum Gasteiger partial charge on any atom is -0.481 e. The molecule has 0 aromatic rings. The Morgan fingerprint density at radius 2 is 1.12 bits per heavy atom. The van der Waals surface area contributed by atoms with E-state index in [9.17, 15) is 14.7 Å². The number of allylic oxidation sites excluding steroid dienone is 2. The third-order valence-corrected chi connectivity index (χ3v) is 6.29. The number of ether oxygens (including phenoxy) is 1. The molecule has 1 atom stereocenters. The van der Waals surface area contributed by atoms with Crippen LogP contribution in [0.1, 0.15) is 149 Å². The lowest BCUT2D eigenvalue weighted by atomic mass is 9.97. The van der Waals surface area contributed by atoms with Gasteiger partial charge in [-0.3, -0.25) is 9.59 Å². The van der Waals surface area contributed by atoms with Gasteiger partial charge in [0.2, 0.25) is 0 Å². The molecule has 0 spiro atoms. The summed E-state index contributed by atoms with van der Waals surface area (Å²) in [6.07, 6.45) is 29.2. The van der Waals surface area contributed by atoms with Gasteiger partial charge < -0.3 is 9.84 Å². The Balaban J connectivity index is 3.39. The Morgan fingerprint density at radius 1 is 0.667 bits per heavy atom. The molecular formula is C29H54O4. The van der Waals surface area contributed by atoms with E-state index in [0.717, 1.165) is 19.3 Å². The fraction of sp³-hybridized carbons (Fsp3) is 0.862. The highest BCUT2D eigenvalue weighted by Gasteiger charge is 2.21. The summed E-state index contributed by atoms with van der Waals surface area (Å²) < 4.78 is 5.01. The second-order valence-corrected chi connectivity index (χ2v) is 9.60. The first-order chi connectivity index (χ1) is 16.1. The van der Waals surface area contributed by atoms with Crippen LogP contribution in [0.4, 0.5) is 0 Å². The average molecular weight is 467 g/mol. The quantitative estimate of drug-likeness (QED) is 0.0828. The zero-order valence-electron chi connectivity index (χ0n) is 22.0. The molecule has 0 heterocycles. The van der Waals surface area contributed by atoms with Crippen molar-refractivity contribution < 1.29 is 19.4 Å². The predicted octanol–water partition coefficient (Wildman–Crippen LogP) is 9.02. The summed E-state index contributed by atoms with van der Waals surface area (Å²) in [5.74, 6) is -1.85. The average Bonchev–Trinajstić information content (AvgIpc) is 2.80. The van der Waals surface area contributed by atoms with Crippen LogP contribution >= 0.6 is 0 Å². The van der Waals surface area contributed by atoms with Gasteiger partial charge in [0.15, 0.2) is 0 Å². The third kappa shape index (κ3) is 23.6. The molecule has 0 saturated carbocycles. The molecule has 0 fully saturated rings. The van der Waals surface area contributed by atoms with E-state index in [0.29, 0.717) is 13.0 Å². The minimum atomic E-state index is -0.877. The molecule has 0 amide bonds. The molecule has 0 aliphatic heterocycles. The van der Waals surface area contributed by atoms with Gasteiger partial charge in [-0.1, -0.05) is 116 Å². The van der Waals surface area contributed by atoms with Crippen molar-refractivity contribution in [2.75, 3.05) is 6.61 Å². The molecule has 4 nitrogen and oxygen atoms in total. The van der Waals surface area contributed by atoms with E-state index in [-0.39, 0.29) is 12.4 Å². The lowest BCUT2D eigenvalue weighted by Gasteiger charge is -2.11. The van der Waals surface area contributed by atoms with Gasteiger partial charge in [-0.2, -0.15) is 0 Å². The van der Waals surface area contributed by atoms with Gasteiger partial charge in [-0.25, -0.2) is 0 Å². The molecule has 0 aromatic carbocycles. The maximum atomic E-state index is 11.6. The second kappa shape index (κ2) is 25.3. The molecule has 0 bridgehead atoms. The molecule has 0 saturated heterocycles. The predicted molar refractivity (Wildman–Crippen MR) is 140 cm³/mol. The van der Waals surface area contributed by atoms with Crippen LogP contribution in [0.25, 0.3) is 0 Å². The maximum absolute atomic E-state index is 11.6. The van der Waals surface area contributed by atoms with E-state index in [2.05, 4.69) is 19.1 Å². The van der Waals surface area contributed by atoms with Gasteiger partial charge in [0.25, 0.3) is 0 Å². The van der Waals surface area contributed by atoms with Gasteiger partial charge in [0, 0.05) is 0 Å². The Kier molecular flexibility index (Phi) is 24.3. The number of carboxylic acid groups (broad SMARTS) is 1. The molecule has 0 radical (unpaired) electrons. The molecule has 0 aliphatic carbocycles. The van der Waals surface area contributed by atoms with Gasteiger partial charge in [0.05, 0.1) is 18.9 Å². The normalized spacial score (nSPS) is 12.3. The maximum Gasteiger partial charge on any atom is 0.307 e. The lowest BCUT2D eigenvalue weighted by Crippen LogP contribution is -2.19. The molecule has 0 aliphatic rings. The lowest BCUT2D eigenvalue weighted by molar-refractivity contribution is -0.151. The summed E-state index contributed by atoms with van der Waals surface area (Å²) in [5.41, 5.74) is 0. The van der Waals surface area contributed by atoms with Crippen LogP contribution in [0, 0.1) is 5.92 Å². The number of carboxylic acids is 1. The summed E-state index contributed by atoms with van der Waals surface area (Å²) in [5, 5.41) is 9.30. The van der Waals surface area contributed by atoms with Crippen molar-refractivity contribution in [2.24, 2.45) is 5.92 Å². The largest absolute Gasteiger partial charge is 0.481 e. The molecule has 1 N–H and O–H groups in total. The Morgan fingerprint density at radius 3 is 1.58 bits per heavy atom. The van der Waals surface area contributed by atoms with E-state index >= 15 is 0 Å². The highest BCUT2D eigenvalue weighted by atomic mass is 16.5. The molecule has 0 rings (SSSR count). The van der Waals surface area contributed by atoms with Crippen LogP contribution in [-0.4, -0.2) is 23.7 Å². The van der Waals surface area contributed by atoms with Gasteiger partial charge in [-0.15, -0.1) is 0 Å². The summed E-state index contributed by atoms with van der Waals surface area (Å²) in [6, 6.07) is 0. The molecular weight excluding hydrogens is 412 g/mol. The first-order valence-corrected chi connectivity index (χ1v) is 14.1. The van der Waals surface area contributed by atoms with Crippen LogP contribution < -0.4 is 0 Å². The van der Waals surface area contributed by atoms with Crippen LogP contribution in [0.3, 0.4) is 0 Å².